The number of nitrogens with zero attached hydrogens (tertiary/aromatic N) is 2. The van der Waals surface area contributed by atoms with E-state index in [4.69, 9.17) is 44.1 Å². The Morgan fingerprint density at radius 2 is 1.43 bits per heavy atom. The van der Waals surface area contributed by atoms with E-state index in [0.717, 1.165) is 0 Å². The van der Waals surface area contributed by atoms with Crippen molar-refractivity contribution in [2.24, 2.45) is 5.73 Å². The average molecular weight is 515 g/mol. The zero-order chi connectivity index (χ0) is 25.7. The minimum atomic E-state index is -1.10. The van der Waals surface area contributed by atoms with Gasteiger partial charge in [-0.25, -0.2) is 4.79 Å². The second-order valence-corrected chi connectivity index (χ2v) is 7.75. The fourth-order valence-electron chi connectivity index (χ4n) is 3.20. The number of carboxylic acid groups (broad SMARTS) is 1. The Kier molecular flexibility index (Phi) is 7.95. The number of carbonyl (C=O) groups is 2. The number of aromatic carboxylic acids is 1. The number of nitrogen functional groups attached to an aromatic ring is 1. The minimum absolute atomic E-state index is 0.0361. The molecular formula is C24H20Cl2N4O5. The normalized spacial score (nSPS) is 10.3. The molecule has 0 saturated carbocycles. The Labute approximate surface area is 210 Å². The summed E-state index contributed by atoms with van der Waals surface area (Å²) in [5.41, 5.74) is 13.1. The van der Waals surface area contributed by atoms with Crippen LogP contribution in [0.5, 0.6) is 11.5 Å². The number of carboxylic acids is 1. The van der Waals surface area contributed by atoms with Crippen LogP contribution in [0.25, 0.3) is 22.2 Å². The summed E-state index contributed by atoms with van der Waals surface area (Å²) in [6.45, 7) is 0. The van der Waals surface area contributed by atoms with Gasteiger partial charge in [-0.1, -0.05) is 29.3 Å². The maximum absolute atomic E-state index is 11.4. The number of amides is 1. The van der Waals surface area contributed by atoms with Crippen LogP contribution < -0.4 is 20.9 Å². The van der Waals surface area contributed by atoms with Crippen LogP contribution >= 0.6 is 23.2 Å². The smallest absolute Gasteiger partial charge is 0.337 e. The molecule has 3 aromatic carbocycles. The van der Waals surface area contributed by atoms with E-state index in [1.54, 1.807) is 36.4 Å². The van der Waals surface area contributed by atoms with E-state index in [1.165, 1.54) is 32.7 Å². The average Bonchev–Trinajstić information content (AvgIpc) is 2.85. The van der Waals surface area contributed by atoms with E-state index in [0.29, 0.717) is 39.4 Å². The van der Waals surface area contributed by atoms with Crippen LogP contribution in [0.15, 0.2) is 54.9 Å². The summed E-state index contributed by atoms with van der Waals surface area (Å²) < 4.78 is 10.6. The molecule has 0 saturated heterocycles. The van der Waals surface area contributed by atoms with Gasteiger partial charge in [0.2, 0.25) is 5.91 Å². The van der Waals surface area contributed by atoms with Crippen molar-refractivity contribution in [2.45, 2.75) is 0 Å². The topological polar surface area (TPSA) is 151 Å². The summed E-state index contributed by atoms with van der Waals surface area (Å²) in [4.78, 5) is 30.3. The molecule has 0 aliphatic heterocycles. The quantitative estimate of drug-likeness (QED) is 0.324. The third-order valence-electron chi connectivity index (χ3n) is 4.89. The molecule has 0 fully saturated rings. The number of carbonyl (C=O) groups excluding carboxylic acids is 1. The number of primary amides is 1. The number of nitrogens with two attached hydrogens (primary N) is 2. The van der Waals surface area contributed by atoms with Crippen LogP contribution in [0.4, 0.5) is 5.69 Å². The lowest BCUT2D eigenvalue weighted by molar-refractivity contribution is 0.0698. The summed E-state index contributed by atoms with van der Waals surface area (Å²) in [7, 11) is 2.95. The molecule has 0 bridgehead atoms. The number of methoxy groups -OCH3 is 2. The van der Waals surface area contributed by atoms with Crippen molar-refractivity contribution in [1.29, 1.82) is 0 Å². The molecule has 0 atom stereocenters. The third-order valence-corrected chi connectivity index (χ3v) is 5.64. The highest BCUT2D eigenvalue weighted by Crippen LogP contribution is 2.47. The molecule has 0 radical (unpaired) electrons. The molecule has 5 N–H and O–H groups in total. The predicted molar refractivity (Wildman–Crippen MR) is 134 cm³/mol. The highest BCUT2D eigenvalue weighted by molar-refractivity contribution is 6.41. The van der Waals surface area contributed by atoms with E-state index < -0.39 is 11.9 Å². The van der Waals surface area contributed by atoms with Gasteiger partial charge in [-0.15, -0.1) is 0 Å². The molecule has 1 heterocycles. The van der Waals surface area contributed by atoms with Gasteiger partial charge in [0.1, 0.15) is 17.0 Å². The van der Waals surface area contributed by atoms with Crippen LogP contribution in [-0.2, 0) is 0 Å². The summed E-state index contributed by atoms with van der Waals surface area (Å²) in [6, 6.07) is 11.1. The van der Waals surface area contributed by atoms with Crippen molar-refractivity contribution in [3.05, 3.63) is 76.0 Å². The van der Waals surface area contributed by atoms with E-state index in [1.807, 2.05) is 0 Å². The number of halogens is 2. The van der Waals surface area contributed by atoms with Gasteiger partial charge in [0, 0.05) is 40.8 Å². The monoisotopic (exact) mass is 514 g/mol. The highest BCUT2D eigenvalue weighted by atomic mass is 35.5. The number of ether oxygens (including phenoxy) is 2. The summed E-state index contributed by atoms with van der Waals surface area (Å²) >= 11 is 12.9. The second-order valence-electron chi connectivity index (χ2n) is 6.99. The first-order valence-corrected chi connectivity index (χ1v) is 10.7. The first-order chi connectivity index (χ1) is 16.7. The SMILES string of the molecule is COc1cc(OC)c(Cl)c(-c2ccc(C(=O)O)c3nccnc23)c1Cl.NC(=O)c1ccc(N)cc1. The van der Waals surface area contributed by atoms with Gasteiger partial charge in [0.25, 0.3) is 0 Å². The lowest BCUT2D eigenvalue weighted by atomic mass is 10.00. The van der Waals surface area contributed by atoms with Crippen molar-refractivity contribution >= 4 is 51.8 Å². The summed E-state index contributed by atoms with van der Waals surface area (Å²) in [5, 5.41) is 9.89. The Hall–Kier alpha value is -4.08. The van der Waals surface area contributed by atoms with Crippen LogP contribution in [0.3, 0.4) is 0 Å². The zero-order valence-corrected chi connectivity index (χ0v) is 20.1. The van der Waals surface area contributed by atoms with E-state index in [9.17, 15) is 14.7 Å². The number of fused-ring (bicyclic) bond motifs is 1. The van der Waals surface area contributed by atoms with E-state index >= 15 is 0 Å². The molecule has 4 aromatic rings. The molecule has 180 valence electrons. The minimum Gasteiger partial charge on any atom is -0.495 e. The second kappa shape index (κ2) is 10.9. The zero-order valence-electron chi connectivity index (χ0n) is 18.6. The summed E-state index contributed by atoms with van der Waals surface area (Å²) in [5.74, 6) is -0.785. The molecule has 4 rings (SSSR count). The third kappa shape index (κ3) is 5.37. The van der Waals surface area contributed by atoms with Gasteiger partial charge in [0.15, 0.2) is 0 Å². The van der Waals surface area contributed by atoms with Gasteiger partial charge in [-0.2, -0.15) is 0 Å². The largest absolute Gasteiger partial charge is 0.495 e. The number of hydrogen-bond donors (Lipinski definition) is 3. The Morgan fingerprint density at radius 1 is 0.886 bits per heavy atom. The van der Waals surface area contributed by atoms with Crippen molar-refractivity contribution in [3.63, 3.8) is 0 Å². The van der Waals surface area contributed by atoms with Crippen molar-refractivity contribution in [3.8, 4) is 22.6 Å². The van der Waals surface area contributed by atoms with Gasteiger partial charge in [-0.05, 0) is 30.3 Å². The Bertz CT molecular complexity index is 1380. The molecule has 35 heavy (non-hydrogen) atoms. The molecule has 0 aliphatic rings. The molecule has 11 heteroatoms. The van der Waals surface area contributed by atoms with Gasteiger partial charge >= 0.3 is 5.97 Å². The molecule has 0 aliphatic carbocycles. The molecule has 1 aromatic heterocycles. The molecule has 1 amide bonds. The molecular weight excluding hydrogens is 495 g/mol. The van der Waals surface area contributed by atoms with Crippen molar-refractivity contribution in [1.82, 2.24) is 9.97 Å². The van der Waals surface area contributed by atoms with Crippen molar-refractivity contribution < 1.29 is 24.2 Å². The van der Waals surface area contributed by atoms with Crippen LogP contribution in [0.1, 0.15) is 20.7 Å². The predicted octanol–water partition coefficient (Wildman–Crippen LogP) is 4.69. The highest BCUT2D eigenvalue weighted by Gasteiger charge is 2.22. The summed E-state index contributed by atoms with van der Waals surface area (Å²) in [6.07, 6.45) is 2.89. The van der Waals surface area contributed by atoms with Crippen molar-refractivity contribution in [2.75, 3.05) is 20.0 Å². The van der Waals surface area contributed by atoms with Gasteiger partial charge < -0.3 is 26.0 Å². The van der Waals surface area contributed by atoms with Gasteiger partial charge in [0.05, 0.1) is 35.3 Å². The number of hydrogen-bond acceptors (Lipinski definition) is 7. The maximum Gasteiger partial charge on any atom is 0.337 e. The maximum atomic E-state index is 11.4. The van der Waals surface area contributed by atoms with Crippen LogP contribution in [0, 0.1) is 0 Å². The standard InChI is InChI=1S/C17H12Cl2N2O4.C7H8N2O/c1-24-10-7-11(25-2)14(19)12(13(10)18)8-3-4-9(17(22)23)16-15(8)20-5-6-21-16;8-6-3-1-5(2-4-6)7(9)10/h3-7H,1-2H3,(H,22,23);1-4H,8H2,(H2,9,10). The Morgan fingerprint density at radius 3 is 1.91 bits per heavy atom. The van der Waals surface area contributed by atoms with E-state index in [2.05, 4.69) is 9.97 Å². The molecule has 0 unspecified atom stereocenters. The first kappa shape index (κ1) is 25.5. The lowest BCUT2D eigenvalue weighted by Gasteiger charge is -2.16. The fourth-order valence-corrected chi connectivity index (χ4v) is 3.90. The number of benzene rings is 3. The Balaban J connectivity index is 0.000000287. The number of rotatable bonds is 5. The van der Waals surface area contributed by atoms with E-state index in [-0.39, 0.29) is 21.1 Å². The molecule has 0 spiro atoms. The number of anilines is 1. The van der Waals surface area contributed by atoms with Gasteiger partial charge in [-0.3, -0.25) is 14.8 Å². The first-order valence-electron chi connectivity index (χ1n) is 9.92. The van der Waals surface area contributed by atoms with Crippen LogP contribution in [-0.4, -0.2) is 41.2 Å². The lowest BCUT2D eigenvalue weighted by Crippen LogP contribution is -2.10. The molecule has 9 nitrogen and oxygen atoms in total. The van der Waals surface area contributed by atoms with Crippen LogP contribution in [0.2, 0.25) is 10.0 Å². The number of aromatic nitrogens is 2. The fraction of sp³-hybridized carbons (Fsp3) is 0.0833.